The van der Waals surface area contributed by atoms with Crippen molar-refractivity contribution in [2.24, 2.45) is 0 Å². The fourth-order valence-electron chi connectivity index (χ4n) is 15.0. The Hall–Kier alpha value is -11.3. The molecule has 4 aliphatic carbocycles. The second kappa shape index (κ2) is 22.1. The van der Waals surface area contributed by atoms with Crippen molar-refractivity contribution in [2.75, 3.05) is 0 Å². The average Bonchev–Trinajstić information content (AvgIpc) is 1.50. The third-order valence-electron chi connectivity index (χ3n) is 19.4. The van der Waals surface area contributed by atoms with E-state index in [4.69, 9.17) is 19.9 Å². The van der Waals surface area contributed by atoms with E-state index in [-0.39, 0.29) is 33.9 Å². The van der Waals surface area contributed by atoms with Crippen molar-refractivity contribution < 1.29 is 9.59 Å². The number of rotatable bonds is 8. The summed E-state index contributed by atoms with van der Waals surface area (Å²) in [6.45, 7) is 8.56. The number of carbonyl (C=O) groups excluding carboxylic acids is 2. The molecule has 0 aliphatic heterocycles. The van der Waals surface area contributed by atoms with E-state index in [1.165, 1.54) is 78.7 Å². The Labute approximate surface area is 585 Å². The second-order valence-electron chi connectivity index (χ2n) is 25.0. The van der Waals surface area contributed by atoms with Crippen molar-refractivity contribution in [1.29, 1.82) is 21.0 Å². The molecule has 14 aromatic rings. The zero-order valence-corrected chi connectivity index (χ0v) is 57.2. The number of hydrogen-bond acceptors (Lipinski definition) is 16. The van der Waals surface area contributed by atoms with Gasteiger partial charge in [-0.1, -0.05) is 213 Å². The molecule has 0 saturated heterocycles. The van der Waals surface area contributed by atoms with Crippen molar-refractivity contribution in [3.05, 3.63) is 303 Å². The van der Waals surface area contributed by atoms with Crippen LogP contribution in [0.25, 0.3) is 94.0 Å². The summed E-state index contributed by atoms with van der Waals surface area (Å²) in [7, 11) is 0. The van der Waals surface area contributed by atoms with E-state index < -0.39 is 10.8 Å². The number of aryl methyl sites for hydroxylation is 4. The van der Waals surface area contributed by atoms with Gasteiger partial charge in [0.25, 0.3) is 0 Å². The highest BCUT2D eigenvalue weighted by atomic mass is 32.1. The molecule has 0 bridgehead atoms. The van der Waals surface area contributed by atoms with Crippen molar-refractivity contribution in [3.8, 4) is 65.6 Å². The molecule has 18 rings (SSSR count). The predicted molar refractivity (Wildman–Crippen MR) is 396 cm³/mol. The van der Waals surface area contributed by atoms with Gasteiger partial charge in [-0.2, -0.15) is 21.0 Å². The number of aromatic nitrogens is 4. The van der Waals surface area contributed by atoms with Crippen LogP contribution in [0.3, 0.4) is 0 Å². The van der Waals surface area contributed by atoms with Crippen LogP contribution in [0.15, 0.2) is 204 Å². The van der Waals surface area contributed by atoms with Crippen LogP contribution < -0.4 is 0 Å². The van der Waals surface area contributed by atoms with Gasteiger partial charge in [0.2, 0.25) is 0 Å². The second-order valence-corrected chi connectivity index (χ2v) is 31.1. The fraction of sp³-hybridized carbons (Fsp3) is 0.0732. The molecule has 98 heavy (non-hydrogen) atoms. The van der Waals surface area contributed by atoms with Crippen molar-refractivity contribution in [2.45, 2.75) is 38.5 Å². The number of thiazole rings is 4. The van der Waals surface area contributed by atoms with Crippen LogP contribution in [0.5, 0.6) is 0 Å². The van der Waals surface area contributed by atoms with Crippen molar-refractivity contribution >= 4 is 132 Å². The molecule has 0 radical (unpaired) electrons. The lowest BCUT2D eigenvalue weighted by Gasteiger charge is -2.35. The van der Waals surface area contributed by atoms with Gasteiger partial charge in [0.1, 0.15) is 55.5 Å². The normalized spacial score (nSPS) is 15.1. The quantitative estimate of drug-likeness (QED) is 0.105. The molecule has 16 heteroatoms. The first-order valence-electron chi connectivity index (χ1n) is 31.3. The Kier molecular flexibility index (Phi) is 13.4. The standard InChI is InChI=1S/C82H44N8O2S6/c1-41-13-21-48(22-14-41)81(49-23-15-42(2)16-24-49)61-32-58-62(31-57(61)56-29-45-30-66(93-65(45)35-63(56)81)75-89-79-77(97-75)87-68(95-79)33-59-70(46(37-83)38-84)52-9-5-7-11-54(52)72(59)91)82(50-25-17-43(3)18-26-50,51-27-19-44(4)20-28-51)64-36-67(94-74(58)64)76-90-80-78(98-76)88-69(96-80)34-60-71(47(39-85)40-86)53-10-6-8-12-55(53)73(60)92/h5-36H,1-4H3. The largest absolute Gasteiger partial charge is 0.289 e. The molecule has 0 spiro atoms. The maximum absolute atomic E-state index is 13.9. The third kappa shape index (κ3) is 8.60. The highest BCUT2D eigenvalue weighted by Crippen LogP contribution is 2.65. The molecule has 0 fully saturated rings. The molecule has 0 amide bonds. The molecule has 0 saturated carbocycles. The van der Waals surface area contributed by atoms with E-state index in [9.17, 15) is 30.6 Å². The first-order valence-corrected chi connectivity index (χ1v) is 36.2. The van der Waals surface area contributed by atoms with Gasteiger partial charge in [0.15, 0.2) is 30.9 Å². The van der Waals surface area contributed by atoms with Gasteiger partial charge in [-0.15, -0.1) is 22.7 Å². The maximum Gasteiger partial charge on any atom is 0.194 e. The Morgan fingerprint density at radius 2 is 0.755 bits per heavy atom. The molecular formula is C82H44N8O2S6. The summed E-state index contributed by atoms with van der Waals surface area (Å²) < 4.78 is 1.12. The van der Waals surface area contributed by atoms with Gasteiger partial charge < -0.3 is 0 Å². The summed E-state index contributed by atoms with van der Waals surface area (Å²) in [6, 6.07) is 73.0. The van der Waals surface area contributed by atoms with E-state index in [0.29, 0.717) is 43.4 Å². The number of Topliss-reactive ketones (excluding diaryl/α,β-unsaturated/α-hetero) is 2. The minimum atomic E-state index is -0.780. The summed E-state index contributed by atoms with van der Waals surface area (Å²) in [5, 5.41) is 43.9. The predicted octanol–water partition coefficient (Wildman–Crippen LogP) is 20.6. The minimum Gasteiger partial charge on any atom is -0.289 e. The zero-order chi connectivity index (χ0) is 66.6. The van der Waals surface area contributed by atoms with Crippen molar-refractivity contribution in [1.82, 2.24) is 19.9 Å². The highest BCUT2D eigenvalue weighted by molar-refractivity contribution is 7.31. The lowest BCUT2D eigenvalue weighted by molar-refractivity contribution is 0.103. The summed E-state index contributed by atoms with van der Waals surface area (Å²) in [6.07, 6.45) is 3.39. The van der Waals surface area contributed by atoms with Crippen LogP contribution in [0, 0.1) is 73.0 Å². The lowest BCUT2D eigenvalue weighted by Crippen LogP contribution is -2.30. The molecule has 0 unspecified atom stereocenters. The SMILES string of the molecule is Cc1ccc(C2(c3ccc(C)cc3)c3cc4c(cc3-c3cc5cc(-c6nc7sc(C=C8C(=O)c9ccccc9C8=C(C#N)C#N)nc7s6)sc5cc32)C(c2ccc(C)cc2)(c2ccc(C)cc2)c2cc(-c3nc5sc(C=C6C(=O)c7ccccc7C6=C(C#N)C#N)nc5s3)sc2-4)cc1. The summed E-state index contributed by atoms with van der Waals surface area (Å²) >= 11 is 9.26. The Balaban J connectivity index is 0.814. The Morgan fingerprint density at radius 3 is 1.19 bits per heavy atom. The number of ketones is 2. The van der Waals surface area contributed by atoms with E-state index in [1.54, 1.807) is 83.4 Å². The molecule has 8 aromatic carbocycles. The van der Waals surface area contributed by atoms with Crippen LogP contribution in [-0.4, -0.2) is 31.5 Å². The van der Waals surface area contributed by atoms with Crippen LogP contribution in [0.2, 0.25) is 0 Å². The van der Waals surface area contributed by atoms with E-state index >= 15 is 0 Å². The van der Waals surface area contributed by atoms with E-state index in [2.05, 4.69) is 161 Å². The summed E-state index contributed by atoms with van der Waals surface area (Å²) in [4.78, 5) is 54.5. The molecule has 6 aromatic heterocycles. The molecule has 0 atom stereocenters. The average molecular weight is 1370 g/mol. The van der Waals surface area contributed by atoms with Gasteiger partial charge in [-0.05, 0) is 154 Å². The number of nitrogens with zero attached hydrogens (tertiary/aromatic N) is 8. The van der Waals surface area contributed by atoms with Crippen LogP contribution in [0.4, 0.5) is 0 Å². The van der Waals surface area contributed by atoms with Crippen LogP contribution >= 0.6 is 68.0 Å². The first-order chi connectivity index (χ1) is 47.8. The Bertz CT molecular complexity index is 6060. The zero-order valence-electron chi connectivity index (χ0n) is 52.3. The van der Waals surface area contributed by atoms with Crippen molar-refractivity contribution in [3.63, 3.8) is 0 Å². The molecule has 0 N–H and O–H groups in total. The number of nitriles is 4. The number of hydrogen-bond donors (Lipinski definition) is 0. The Morgan fingerprint density at radius 1 is 0.378 bits per heavy atom. The van der Waals surface area contributed by atoms with E-state index in [1.807, 2.05) is 24.3 Å². The number of benzene rings is 8. The van der Waals surface area contributed by atoms with Gasteiger partial charge in [-0.3, -0.25) is 9.59 Å². The molecule has 460 valence electrons. The number of fused-ring (bicyclic) bond motifs is 11. The monoisotopic (exact) mass is 1360 g/mol. The summed E-state index contributed by atoms with van der Waals surface area (Å²) in [5.74, 6) is -0.501. The van der Waals surface area contributed by atoms with Crippen LogP contribution in [-0.2, 0) is 10.8 Å². The minimum absolute atomic E-state index is 0.119. The highest BCUT2D eigenvalue weighted by Gasteiger charge is 2.53. The van der Waals surface area contributed by atoms with Gasteiger partial charge in [0.05, 0.1) is 20.6 Å². The topological polar surface area (TPSA) is 181 Å². The van der Waals surface area contributed by atoms with Gasteiger partial charge >= 0.3 is 0 Å². The van der Waals surface area contributed by atoms with Crippen LogP contribution in [0.1, 0.15) is 109 Å². The number of thiophene rings is 2. The van der Waals surface area contributed by atoms with Gasteiger partial charge in [-0.25, -0.2) is 19.9 Å². The molecule has 4 aliphatic rings. The molecule has 10 nitrogen and oxygen atoms in total. The third-order valence-corrected chi connectivity index (χ3v) is 26.0. The summed E-state index contributed by atoms with van der Waals surface area (Å²) in [5.41, 5.74) is 18.9. The smallest absolute Gasteiger partial charge is 0.194 e. The number of carbonyl (C=O) groups is 2. The lowest BCUT2D eigenvalue weighted by atomic mass is 9.65. The van der Waals surface area contributed by atoms with Gasteiger partial charge in [0, 0.05) is 43.0 Å². The number of allylic oxidation sites excluding steroid dienone is 6. The first kappa shape index (κ1) is 59.2. The molecular weight excluding hydrogens is 1320 g/mol. The fourth-order valence-corrected chi connectivity index (χ4v) is 21.4. The molecule has 6 heterocycles. The van der Waals surface area contributed by atoms with E-state index in [0.717, 1.165) is 104 Å². The maximum atomic E-state index is 13.9.